The average molecular weight is 331 g/mol. The Bertz CT molecular complexity index is 705. The summed E-state index contributed by atoms with van der Waals surface area (Å²) in [5.74, 6) is 0.537. The van der Waals surface area contributed by atoms with Gasteiger partial charge in [-0.3, -0.25) is 9.48 Å². The van der Waals surface area contributed by atoms with Gasteiger partial charge in [0.05, 0.1) is 18.2 Å². The number of hydrogen-bond acceptors (Lipinski definition) is 5. The second kappa shape index (κ2) is 6.72. The van der Waals surface area contributed by atoms with Crippen molar-refractivity contribution in [2.24, 2.45) is 18.7 Å². The molecule has 24 heavy (non-hydrogen) atoms. The summed E-state index contributed by atoms with van der Waals surface area (Å²) in [6.45, 7) is 6.17. The zero-order chi connectivity index (χ0) is 17.3. The second-order valence-corrected chi connectivity index (χ2v) is 6.99. The van der Waals surface area contributed by atoms with Crippen LogP contribution in [0.3, 0.4) is 0 Å². The molecule has 1 aliphatic rings. The van der Waals surface area contributed by atoms with E-state index in [1.807, 2.05) is 17.8 Å². The monoisotopic (exact) mass is 331 g/mol. The summed E-state index contributed by atoms with van der Waals surface area (Å²) >= 11 is 0. The fraction of sp³-hybridized carbons (Fsp3) is 0.625. The van der Waals surface area contributed by atoms with Crippen LogP contribution < -0.4 is 5.73 Å². The minimum atomic E-state index is -0.111. The van der Waals surface area contributed by atoms with Crippen molar-refractivity contribution >= 4 is 5.91 Å². The maximum Gasteiger partial charge on any atom is 0.276 e. The van der Waals surface area contributed by atoms with Gasteiger partial charge in [0, 0.05) is 44.8 Å². The lowest BCUT2D eigenvalue weighted by Crippen LogP contribution is -2.32. The quantitative estimate of drug-likeness (QED) is 0.867. The molecular formula is C16H25N7O. The summed E-state index contributed by atoms with van der Waals surface area (Å²) in [4.78, 5) is 18.8. The third-order valence-corrected chi connectivity index (χ3v) is 4.45. The Labute approximate surface area is 141 Å². The largest absolute Gasteiger partial charge is 0.340 e. The maximum absolute atomic E-state index is 12.7. The highest BCUT2D eigenvalue weighted by atomic mass is 16.2. The molecule has 2 N–H and O–H groups in total. The average Bonchev–Trinajstić information content (AvgIpc) is 3.24. The van der Waals surface area contributed by atoms with Gasteiger partial charge >= 0.3 is 0 Å². The molecule has 2 atom stereocenters. The van der Waals surface area contributed by atoms with Crippen molar-refractivity contribution in [3.63, 3.8) is 0 Å². The van der Waals surface area contributed by atoms with Crippen molar-refractivity contribution in [3.05, 3.63) is 30.1 Å². The Morgan fingerprint density at radius 2 is 2.17 bits per heavy atom. The third-order valence-electron chi connectivity index (χ3n) is 4.45. The Morgan fingerprint density at radius 3 is 2.83 bits per heavy atom. The number of nitrogens with two attached hydrogens (primary N) is 1. The third kappa shape index (κ3) is 3.48. The number of hydrogen-bond donors (Lipinski definition) is 1. The first-order valence-electron chi connectivity index (χ1n) is 8.37. The molecule has 1 aliphatic heterocycles. The zero-order valence-corrected chi connectivity index (χ0v) is 14.5. The van der Waals surface area contributed by atoms with E-state index in [0.29, 0.717) is 24.7 Å². The van der Waals surface area contributed by atoms with E-state index in [1.54, 1.807) is 22.1 Å². The number of aromatic nitrogens is 5. The van der Waals surface area contributed by atoms with Gasteiger partial charge in [-0.05, 0) is 12.3 Å². The van der Waals surface area contributed by atoms with Gasteiger partial charge in [-0.15, -0.1) is 5.10 Å². The molecule has 3 heterocycles. The van der Waals surface area contributed by atoms with Gasteiger partial charge in [-0.1, -0.05) is 19.1 Å². The fourth-order valence-electron chi connectivity index (χ4n) is 2.99. The minimum Gasteiger partial charge on any atom is -0.340 e. The molecular weight excluding hydrogens is 306 g/mol. The lowest BCUT2D eigenvalue weighted by Gasteiger charge is -2.13. The van der Waals surface area contributed by atoms with Crippen molar-refractivity contribution < 1.29 is 4.79 Å². The number of likely N-dealkylation sites (tertiary alicyclic amines) is 1. The van der Waals surface area contributed by atoms with Gasteiger partial charge in [0.15, 0.2) is 5.69 Å². The van der Waals surface area contributed by atoms with Crippen molar-refractivity contribution in [2.75, 3.05) is 13.1 Å². The summed E-state index contributed by atoms with van der Waals surface area (Å²) < 4.78 is 3.63. The van der Waals surface area contributed by atoms with Gasteiger partial charge in [0.1, 0.15) is 0 Å². The molecule has 0 aromatic carbocycles. The SMILES string of the molecule is CC(C)CCn1cc(C(=O)N2C[C@@H](N)[C@H](c3cn(C)cn3)C2)nn1. The van der Waals surface area contributed by atoms with Gasteiger partial charge in [-0.2, -0.15) is 0 Å². The second-order valence-electron chi connectivity index (χ2n) is 6.99. The van der Waals surface area contributed by atoms with E-state index in [-0.39, 0.29) is 17.9 Å². The molecule has 8 nitrogen and oxygen atoms in total. The van der Waals surface area contributed by atoms with Gasteiger partial charge in [0.2, 0.25) is 0 Å². The van der Waals surface area contributed by atoms with Gasteiger partial charge in [-0.25, -0.2) is 4.98 Å². The van der Waals surface area contributed by atoms with Crippen molar-refractivity contribution in [3.8, 4) is 0 Å². The van der Waals surface area contributed by atoms with Crippen molar-refractivity contribution in [1.29, 1.82) is 0 Å². The van der Waals surface area contributed by atoms with Crippen LogP contribution in [0.25, 0.3) is 0 Å². The van der Waals surface area contributed by atoms with Crippen LogP contribution >= 0.6 is 0 Å². The number of amides is 1. The first-order chi connectivity index (χ1) is 11.4. The predicted octanol–water partition coefficient (Wildman–Crippen LogP) is 0.625. The molecule has 1 amide bonds. The highest BCUT2D eigenvalue weighted by molar-refractivity contribution is 5.92. The van der Waals surface area contributed by atoms with Gasteiger partial charge < -0.3 is 15.2 Å². The van der Waals surface area contributed by atoms with Crippen LogP contribution in [0.5, 0.6) is 0 Å². The van der Waals surface area contributed by atoms with E-state index in [4.69, 9.17) is 5.73 Å². The highest BCUT2D eigenvalue weighted by Gasteiger charge is 2.36. The Hall–Kier alpha value is -2.22. The molecule has 0 aliphatic carbocycles. The van der Waals surface area contributed by atoms with E-state index in [1.165, 1.54) is 0 Å². The topological polar surface area (TPSA) is 94.9 Å². The van der Waals surface area contributed by atoms with Crippen molar-refractivity contribution in [1.82, 2.24) is 29.4 Å². The van der Waals surface area contributed by atoms with E-state index >= 15 is 0 Å². The smallest absolute Gasteiger partial charge is 0.276 e. The van der Waals surface area contributed by atoms with Gasteiger partial charge in [0.25, 0.3) is 5.91 Å². The van der Waals surface area contributed by atoms with E-state index < -0.39 is 0 Å². The molecule has 0 saturated carbocycles. The lowest BCUT2D eigenvalue weighted by molar-refractivity contribution is 0.0783. The molecule has 0 unspecified atom stereocenters. The molecule has 0 radical (unpaired) electrons. The van der Waals surface area contributed by atoms with Crippen LogP contribution in [0.2, 0.25) is 0 Å². The van der Waals surface area contributed by atoms with Crippen LogP contribution in [0.4, 0.5) is 0 Å². The molecule has 2 aromatic heterocycles. The molecule has 2 aromatic rings. The normalized spacial score (nSPS) is 21.0. The molecule has 3 rings (SSSR count). The number of nitrogens with zero attached hydrogens (tertiary/aromatic N) is 6. The van der Waals surface area contributed by atoms with E-state index in [2.05, 4.69) is 29.1 Å². The fourth-order valence-corrected chi connectivity index (χ4v) is 2.99. The molecule has 1 saturated heterocycles. The van der Waals surface area contributed by atoms with Crippen LogP contribution in [0, 0.1) is 5.92 Å². The van der Waals surface area contributed by atoms with Crippen LogP contribution in [-0.2, 0) is 13.6 Å². The molecule has 0 bridgehead atoms. The van der Waals surface area contributed by atoms with E-state index in [0.717, 1.165) is 18.7 Å². The summed E-state index contributed by atoms with van der Waals surface area (Å²) in [5, 5.41) is 8.08. The van der Waals surface area contributed by atoms with Crippen LogP contribution in [0.1, 0.15) is 42.4 Å². The molecule has 1 fully saturated rings. The maximum atomic E-state index is 12.7. The zero-order valence-electron chi connectivity index (χ0n) is 14.5. The lowest BCUT2D eigenvalue weighted by atomic mass is 10.0. The summed E-state index contributed by atoms with van der Waals surface area (Å²) in [5.41, 5.74) is 7.54. The molecule has 130 valence electrons. The summed E-state index contributed by atoms with van der Waals surface area (Å²) in [6, 6.07) is -0.111. The Kier molecular flexibility index (Phi) is 4.66. The number of rotatable bonds is 5. The first kappa shape index (κ1) is 16.6. The van der Waals surface area contributed by atoms with Crippen molar-refractivity contribution in [2.45, 2.75) is 38.8 Å². The number of carbonyl (C=O) groups is 1. The van der Waals surface area contributed by atoms with E-state index in [9.17, 15) is 4.79 Å². The number of aryl methyl sites for hydroxylation is 2. The van der Waals surface area contributed by atoms with Crippen LogP contribution in [-0.4, -0.2) is 54.5 Å². The predicted molar refractivity (Wildman–Crippen MR) is 89.3 cm³/mol. The Morgan fingerprint density at radius 1 is 1.38 bits per heavy atom. The number of imidazole rings is 1. The summed E-state index contributed by atoms with van der Waals surface area (Å²) in [6.07, 6.45) is 6.45. The van der Waals surface area contributed by atoms with Crippen LogP contribution in [0.15, 0.2) is 18.7 Å². The number of carbonyl (C=O) groups excluding carboxylic acids is 1. The molecule has 8 heteroatoms. The highest BCUT2D eigenvalue weighted by Crippen LogP contribution is 2.26. The standard InChI is InChI=1S/C16H25N7O/c1-11(2)4-5-23-9-15(19-20-23)16(24)22-6-12(13(17)7-22)14-8-21(3)10-18-14/h8-13H,4-7,17H2,1-3H3/t12-,13-/m1/s1. The minimum absolute atomic E-state index is 0.0612. The summed E-state index contributed by atoms with van der Waals surface area (Å²) in [7, 11) is 1.93. The Balaban J connectivity index is 1.65. The first-order valence-corrected chi connectivity index (χ1v) is 8.37. The molecule has 0 spiro atoms.